The minimum absolute atomic E-state index is 0.0471. The third-order valence-electron chi connectivity index (χ3n) is 3.57. The molecule has 1 rings (SSSR count). The van der Waals surface area contributed by atoms with Crippen molar-refractivity contribution in [3.05, 3.63) is 0 Å². The molecule has 0 aromatic carbocycles. The van der Waals surface area contributed by atoms with Crippen LogP contribution in [0.4, 0.5) is 0 Å². The SMILES string of the molecule is C#CCN(CCC)S(=O)(=O)N1CCCCC1CNCC. The molecule has 0 bridgehead atoms. The quantitative estimate of drug-likeness (QED) is 0.682. The van der Waals surface area contributed by atoms with Crippen LogP contribution in [0.1, 0.15) is 39.5 Å². The Labute approximate surface area is 123 Å². The molecule has 5 nitrogen and oxygen atoms in total. The van der Waals surface area contributed by atoms with Gasteiger partial charge < -0.3 is 5.32 Å². The van der Waals surface area contributed by atoms with E-state index >= 15 is 0 Å². The summed E-state index contributed by atoms with van der Waals surface area (Å²) < 4.78 is 28.6. The highest BCUT2D eigenvalue weighted by molar-refractivity contribution is 7.86. The Balaban J connectivity index is 2.87. The van der Waals surface area contributed by atoms with E-state index in [1.165, 1.54) is 4.31 Å². The maximum Gasteiger partial charge on any atom is 0.283 e. The topological polar surface area (TPSA) is 52.7 Å². The zero-order valence-corrected chi connectivity index (χ0v) is 13.5. The number of terminal acetylenes is 1. The summed E-state index contributed by atoms with van der Waals surface area (Å²) in [6.45, 7) is 6.80. The van der Waals surface area contributed by atoms with Gasteiger partial charge in [0.2, 0.25) is 0 Å². The van der Waals surface area contributed by atoms with Gasteiger partial charge in [-0.05, 0) is 25.8 Å². The first kappa shape index (κ1) is 17.4. The molecule has 0 spiro atoms. The lowest BCUT2D eigenvalue weighted by Crippen LogP contribution is -2.53. The molecular formula is C14H27N3O2S. The first-order valence-corrected chi connectivity index (χ1v) is 8.88. The van der Waals surface area contributed by atoms with Gasteiger partial charge in [0.1, 0.15) is 0 Å². The van der Waals surface area contributed by atoms with Gasteiger partial charge in [-0.15, -0.1) is 6.42 Å². The fourth-order valence-corrected chi connectivity index (χ4v) is 4.43. The lowest BCUT2D eigenvalue weighted by atomic mass is 10.1. The molecule has 6 heteroatoms. The minimum atomic E-state index is -3.44. The van der Waals surface area contributed by atoms with Crippen LogP contribution in [0.3, 0.4) is 0 Å². The van der Waals surface area contributed by atoms with Crippen molar-refractivity contribution >= 4 is 10.2 Å². The second kappa shape index (κ2) is 8.63. The Morgan fingerprint density at radius 3 is 2.75 bits per heavy atom. The van der Waals surface area contributed by atoms with Crippen molar-refractivity contribution in [2.24, 2.45) is 0 Å². The molecule has 0 aromatic heterocycles. The van der Waals surface area contributed by atoms with E-state index in [4.69, 9.17) is 6.42 Å². The summed E-state index contributed by atoms with van der Waals surface area (Å²) in [7, 11) is -3.44. The van der Waals surface area contributed by atoms with Gasteiger partial charge in [-0.2, -0.15) is 17.0 Å². The van der Waals surface area contributed by atoms with E-state index in [0.29, 0.717) is 19.6 Å². The molecule has 0 aromatic rings. The zero-order valence-electron chi connectivity index (χ0n) is 12.6. The van der Waals surface area contributed by atoms with Crippen molar-refractivity contribution < 1.29 is 8.42 Å². The van der Waals surface area contributed by atoms with Gasteiger partial charge in [0.15, 0.2) is 0 Å². The molecule has 20 heavy (non-hydrogen) atoms. The third kappa shape index (κ3) is 4.45. The van der Waals surface area contributed by atoms with Crippen LogP contribution >= 0.6 is 0 Å². The summed E-state index contributed by atoms with van der Waals surface area (Å²) in [6.07, 6.45) is 9.02. The van der Waals surface area contributed by atoms with Gasteiger partial charge in [0.25, 0.3) is 10.2 Å². The van der Waals surface area contributed by atoms with Gasteiger partial charge in [-0.25, -0.2) is 0 Å². The summed E-state index contributed by atoms with van der Waals surface area (Å²) in [5.41, 5.74) is 0. The summed E-state index contributed by atoms with van der Waals surface area (Å²) in [6, 6.07) is 0.0471. The second-order valence-corrected chi connectivity index (χ2v) is 6.99. The third-order valence-corrected chi connectivity index (χ3v) is 5.60. The standard InChI is InChI=1S/C14H27N3O2S/c1-4-10-16(11-5-2)20(18,19)17-12-8-7-9-14(17)13-15-6-3/h1,14-15H,5-13H2,2-3H3. The molecule has 0 saturated carbocycles. The van der Waals surface area contributed by atoms with Crippen LogP contribution in [-0.4, -0.2) is 55.8 Å². The van der Waals surface area contributed by atoms with E-state index in [0.717, 1.165) is 32.2 Å². The van der Waals surface area contributed by atoms with Crippen molar-refractivity contribution in [1.29, 1.82) is 0 Å². The lowest BCUT2D eigenvalue weighted by Gasteiger charge is -2.37. The summed E-state index contributed by atoms with van der Waals surface area (Å²) in [5.74, 6) is 2.46. The molecule has 1 fully saturated rings. The highest BCUT2D eigenvalue weighted by Gasteiger charge is 2.35. The Bertz CT molecular complexity index is 417. The van der Waals surface area contributed by atoms with Gasteiger partial charge in [0.05, 0.1) is 6.54 Å². The van der Waals surface area contributed by atoms with Crippen LogP contribution in [0, 0.1) is 12.3 Å². The Hall–Kier alpha value is -0.610. The van der Waals surface area contributed by atoms with Gasteiger partial charge in [-0.1, -0.05) is 26.2 Å². The molecule has 0 amide bonds. The van der Waals surface area contributed by atoms with E-state index in [9.17, 15) is 8.42 Å². The maximum atomic E-state index is 12.8. The van der Waals surface area contributed by atoms with Gasteiger partial charge in [-0.3, -0.25) is 0 Å². The smallest absolute Gasteiger partial charge is 0.283 e. The number of hydrogen-bond acceptors (Lipinski definition) is 3. The minimum Gasteiger partial charge on any atom is -0.315 e. The molecule has 1 aliphatic rings. The van der Waals surface area contributed by atoms with Crippen LogP contribution in [0.15, 0.2) is 0 Å². The number of hydrogen-bond donors (Lipinski definition) is 1. The second-order valence-electron chi connectivity index (χ2n) is 5.11. The van der Waals surface area contributed by atoms with E-state index in [2.05, 4.69) is 11.2 Å². The summed E-state index contributed by atoms with van der Waals surface area (Å²) in [5, 5.41) is 3.26. The predicted octanol–water partition coefficient (Wildman–Crippen LogP) is 1.04. The Morgan fingerprint density at radius 1 is 1.40 bits per heavy atom. The number of nitrogens with one attached hydrogen (secondary N) is 1. The van der Waals surface area contributed by atoms with Crippen LogP contribution < -0.4 is 5.32 Å². The van der Waals surface area contributed by atoms with Crippen LogP contribution in [-0.2, 0) is 10.2 Å². The van der Waals surface area contributed by atoms with Crippen molar-refractivity contribution in [1.82, 2.24) is 13.9 Å². The number of nitrogens with zero attached hydrogens (tertiary/aromatic N) is 2. The van der Waals surface area contributed by atoms with E-state index in [1.54, 1.807) is 4.31 Å². The van der Waals surface area contributed by atoms with Crippen molar-refractivity contribution in [3.63, 3.8) is 0 Å². The maximum absolute atomic E-state index is 12.8. The molecule has 1 atom stereocenters. The average molecular weight is 301 g/mol. The van der Waals surface area contributed by atoms with Gasteiger partial charge in [0, 0.05) is 25.7 Å². The predicted molar refractivity (Wildman–Crippen MR) is 82.5 cm³/mol. The van der Waals surface area contributed by atoms with E-state index in [-0.39, 0.29) is 12.6 Å². The molecule has 1 unspecified atom stereocenters. The number of rotatable bonds is 8. The number of likely N-dealkylation sites (N-methyl/N-ethyl adjacent to an activating group) is 1. The summed E-state index contributed by atoms with van der Waals surface area (Å²) >= 11 is 0. The first-order chi connectivity index (χ1) is 9.57. The van der Waals surface area contributed by atoms with Crippen molar-refractivity contribution in [2.75, 3.05) is 32.7 Å². The Morgan fingerprint density at radius 2 is 2.15 bits per heavy atom. The number of piperidine rings is 1. The molecular weight excluding hydrogens is 274 g/mol. The zero-order chi connectivity index (χ0) is 15.0. The fourth-order valence-electron chi connectivity index (χ4n) is 2.57. The van der Waals surface area contributed by atoms with Crippen LogP contribution in [0.2, 0.25) is 0 Å². The van der Waals surface area contributed by atoms with Crippen LogP contribution in [0.25, 0.3) is 0 Å². The summed E-state index contributed by atoms with van der Waals surface area (Å²) in [4.78, 5) is 0. The van der Waals surface area contributed by atoms with Gasteiger partial charge >= 0.3 is 0 Å². The van der Waals surface area contributed by atoms with E-state index in [1.807, 2.05) is 13.8 Å². The Kier molecular flexibility index (Phi) is 7.52. The first-order valence-electron chi connectivity index (χ1n) is 7.49. The monoisotopic (exact) mass is 301 g/mol. The molecule has 0 radical (unpaired) electrons. The van der Waals surface area contributed by atoms with Crippen LogP contribution in [0.5, 0.6) is 0 Å². The average Bonchev–Trinajstić information content (AvgIpc) is 2.45. The molecule has 116 valence electrons. The fraction of sp³-hybridized carbons (Fsp3) is 0.857. The largest absolute Gasteiger partial charge is 0.315 e. The molecule has 1 aliphatic heterocycles. The highest BCUT2D eigenvalue weighted by Crippen LogP contribution is 2.22. The van der Waals surface area contributed by atoms with Crippen molar-refractivity contribution in [2.45, 2.75) is 45.6 Å². The molecule has 0 aliphatic carbocycles. The molecule has 1 heterocycles. The van der Waals surface area contributed by atoms with Crippen molar-refractivity contribution in [3.8, 4) is 12.3 Å². The lowest BCUT2D eigenvalue weighted by molar-refractivity contribution is 0.229. The normalized spacial score (nSPS) is 21.0. The van der Waals surface area contributed by atoms with E-state index < -0.39 is 10.2 Å². The highest BCUT2D eigenvalue weighted by atomic mass is 32.2. The molecule has 1 saturated heterocycles. The molecule has 1 N–H and O–H groups in total.